The molecule has 2 rings (SSSR count). The molecule has 0 saturated heterocycles. The molecule has 0 aliphatic carbocycles. The Labute approximate surface area is 153 Å². The van der Waals surface area contributed by atoms with Crippen LogP contribution in [0.4, 0.5) is 0 Å². The molecule has 2 N–H and O–H groups in total. The third kappa shape index (κ3) is 4.27. The molecule has 0 radical (unpaired) electrons. The minimum Gasteiger partial charge on any atom is -0.493 e. The molecule has 6 heteroatoms. The van der Waals surface area contributed by atoms with Gasteiger partial charge in [0.2, 0.25) is 5.91 Å². The van der Waals surface area contributed by atoms with Crippen molar-refractivity contribution in [2.75, 3.05) is 27.9 Å². The van der Waals surface area contributed by atoms with E-state index < -0.39 is 5.91 Å². The third-order valence-electron chi connectivity index (χ3n) is 3.76. The molecule has 0 unspecified atom stereocenters. The van der Waals surface area contributed by atoms with Gasteiger partial charge in [0.25, 0.3) is 0 Å². The molecule has 0 aliphatic rings. The Kier molecular flexibility index (Phi) is 6.49. The molecular weight excluding hydrogens is 334 g/mol. The Hall–Kier alpha value is -3.15. The average Bonchev–Trinajstić information content (AvgIpc) is 2.65. The lowest BCUT2D eigenvalue weighted by atomic mass is 9.96. The number of methoxy groups -OCH3 is 3. The van der Waals surface area contributed by atoms with Gasteiger partial charge in [-0.25, -0.2) is 0 Å². The number of carbonyl (C=O) groups excluding carboxylic acids is 1. The van der Waals surface area contributed by atoms with Crippen molar-refractivity contribution in [3.8, 4) is 23.0 Å². The number of nitrogens with two attached hydrogens (primary N) is 1. The number of rotatable bonds is 8. The van der Waals surface area contributed by atoms with E-state index in [0.717, 1.165) is 11.1 Å². The summed E-state index contributed by atoms with van der Waals surface area (Å²) in [5.74, 6) is 1.80. The van der Waals surface area contributed by atoms with Gasteiger partial charge in [-0.15, -0.1) is 0 Å². The van der Waals surface area contributed by atoms with Crippen molar-refractivity contribution in [1.82, 2.24) is 0 Å². The molecule has 2 aromatic rings. The van der Waals surface area contributed by atoms with Crippen LogP contribution in [0, 0.1) is 0 Å². The van der Waals surface area contributed by atoms with E-state index in [4.69, 9.17) is 24.7 Å². The van der Waals surface area contributed by atoms with Gasteiger partial charge in [-0.2, -0.15) is 0 Å². The molecular formula is C20H23NO5. The van der Waals surface area contributed by atoms with E-state index in [0.29, 0.717) is 35.2 Å². The summed E-state index contributed by atoms with van der Waals surface area (Å²) in [6.07, 6.45) is 1.37. The van der Waals surface area contributed by atoms with Crippen LogP contribution >= 0.6 is 0 Å². The van der Waals surface area contributed by atoms with E-state index in [1.54, 1.807) is 39.5 Å². The largest absolute Gasteiger partial charge is 0.493 e. The summed E-state index contributed by atoms with van der Waals surface area (Å²) in [6.45, 7) is 2.38. The lowest BCUT2D eigenvalue weighted by Crippen LogP contribution is -2.08. The highest BCUT2D eigenvalue weighted by Crippen LogP contribution is 2.36. The second kappa shape index (κ2) is 8.80. The monoisotopic (exact) mass is 357 g/mol. The SMILES string of the molecule is CCOc1cc(C(=CC(N)=O)c2ccc(OC)c(OC)c2)ccc1OC. The zero-order valence-electron chi connectivity index (χ0n) is 15.4. The van der Waals surface area contributed by atoms with Crippen LogP contribution in [0.1, 0.15) is 18.1 Å². The van der Waals surface area contributed by atoms with Crippen LogP contribution in [-0.4, -0.2) is 33.8 Å². The summed E-state index contributed by atoms with van der Waals surface area (Å²) < 4.78 is 21.6. The molecule has 0 bridgehead atoms. The average molecular weight is 357 g/mol. The van der Waals surface area contributed by atoms with Crippen molar-refractivity contribution in [3.63, 3.8) is 0 Å². The minimum absolute atomic E-state index is 0.491. The molecule has 0 fully saturated rings. The van der Waals surface area contributed by atoms with Gasteiger partial charge in [0.1, 0.15) is 0 Å². The first-order valence-electron chi connectivity index (χ1n) is 8.08. The van der Waals surface area contributed by atoms with E-state index >= 15 is 0 Å². The molecule has 1 amide bonds. The fourth-order valence-electron chi connectivity index (χ4n) is 2.59. The standard InChI is InChI=1S/C20H23NO5/c1-5-26-19-11-14(7-9-17(19)24-3)15(12-20(21)22)13-6-8-16(23-2)18(10-13)25-4/h6-12H,5H2,1-4H3,(H2,21,22). The first kappa shape index (κ1) is 19.2. The van der Waals surface area contributed by atoms with Gasteiger partial charge in [0.05, 0.1) is 27.9 Å². The van der Waals surface area contributed by atoms with Gasteiger partial charge in [0, 0.05) is 6.08 Å². The summed E-state index contributed by atoms with van der Waals surface area (Å²) in [5.41, 5.74) is 7.58. The maximum absolute atomic E-state index is 11.6. The van der Waals surface area contributed by atoms with Crippen LogP contribution in [0.25, 0.3) is 5.57 Å². The summed E-state index contributed by atoms with van der Waals surface area (Å²) in [4.78, 5) is 11.6. The van der Waals surface area contributed by atoms with Crippen molar-refractivity contribution in [2.24, 2.45) is 5.73 Å². The van der Waals surface area contributed by atoms with Crippen LogP contribution in [0.5, 0.6) is 23.0 Å². The van der Waals surface area contributed by atoms with E-state index in [1.807, 2.05) is 25.1 Å². The van der Waals surface area contributed by atoms with Crippen molar-refractivity contribution in [1.29, 1.82) is 0 Å². The maximum atomic E-state index is 11.6. The first-order chi connectivity index (χ1) is 12.5. The number of primary amides is 1. The van der Waals surface area contributed by atoms with Gasteiger partial charge in [0.15, 0.2) is 23.0 Å². The van der Waals surface area contributed by atoms with Crippen molar-refractivity contribution in [2.45, 2.75) is 6.92 Å². The number of hydrogen-bond acceptors (Lipinski definition) is 5. The van der Waals surface area contributed by atoms with Gasteiger partial charge in [-0.05, 0) is 47.9 Å². The third-order valence-corrected chi connectivity index (χ3v) is 3.76. The summed E-state index contributed by atoms with van der Waals surface area (Å²) in [7, 11) is 4.70. The maximum Gasteiger partial charge on any atom is 0.242 e. The van der Waals surface area contributed by atoms with Crippen molar-refractivity contribution >= 4 is 11.5 Å². The van der Waals surface area contributed by atoms with E-state index in [2.05, 4.69) is 0 Å². The summed E-state index contributed by atoms with van der Waals surface area (Å²) in [5, 5.41) is 0. The Morgan fingerprint density at radius 1 is 0.885 bits per heavy atom. The second-order valence-corrected chi connectivity index (χ2v) is 5.33. The second-order valence-electron chi connectivity index (χ2n) is 5.33. The number of benzene rings is 2. The molecule has 0 saturated carbocycles. The lowest BCUT2D eigenvalue weighted by Gasteiger charge is -2.15. The molecule has 138 valence electrons. The Bertz CT molecular complexity index is 814. The van der Waals surface area contributed by atoms with Crippen molar-refractivity contribution < 1.29 is 23.7 Å². The van der Waals surface area contributed by atoms with E-state index in [1.165, 1.54) is 6.08 Å². The predicted octanol–water partition coefficient (Wildman–Crippen LogP) is 3.03. The van der Waals surface area contributed by atoms with Crippen LogP contribution in [0.2, 0.25) is 0 Å². The van der Waals surface area contributed by atoms with Crippen LogP contribution in [0.15, 0.2) is 42.5 Å². The fourth-order valence-corrected chi connectivity index (χ4v) is 2.59. The highest BCUT2D eigenvalue weighted by molar-refractivity contribution is 5.98. The molecule has 0 aromatic heterocycles. The Morgan fingerprint density at radius 2 is 1.38 bits per heavy atom. The van der Waals surface area contributed by atoms with Gasteiger partial charge in [-0.1, -0.05) is 12.1 Å². The van der Waals surface area contributed by atoms with Crippen LogP contribution in [0.3, 0.4) is 0 Å². The zero-order chi connectivity index (χ0) is 19.1. The molecule has 0 aliphatic heterocycles. The van der Waals surface area contributed by atoms with Gasteiger partial charge in [-0.3, -0.25) is 4.79 Å². The molecule has 26 heavy (non-hydrogen) atoms. The number of amides is 1. The molecule has 6 nitrogen and oxygen atoms in total. The topological polar surface area (TPSA) is 80.0 Å². The molecule has 0 spiro atoms. The van der Waals surface area contributed by atoms with Crippen LogP contribution < -0.4 is 24.7 Å². The molecule has 0 atom stereocenters. The summed E-state index contributed by atoms with van der Waals surface area (Å²) >= 11 is 0. The van der Waals surface area contributed by atoms with Crippen molar-refractivity contribution in [3.05, 3.63) is 53.6 Å². The first-order valence-corrected chi connectivity index (χ1v) is 8.08. The smallest absolute Gasteiger partial charge is 0.242 e. The lowest BCUT2D eigenvalue weighted by molar-refractivity contribution is -0.113. The van der Waals surface area contributed by atoms with E-state index in [9.17, 15) is 4.79 Å². The number of hydrogen-bond donors (Lipinski definition) is 1. The normalized spacial score (nSPS) is 11.0. The summed E-state index contributed by atoms with van der Waals surface area (Å²) in [6, 6.07) is 10.8. The Balaban J connectivity index is 2.59. The predicted molar refractivity (Wildman–Crippen MR) is 100.0 cm³/mol. The molecule has 2 aromatic carbocycles. The van der Waals surface area contributed by atoms with E-state index in [-0.39, 0.29) is 0 Å². The highest BCUT2D eigenvalue weighted by atomic mass is 16.5. The van der Waals surface area contributed by atoms with Gasteiger partial charge >= 0.3 is 0 Å². The fraction of sp³-hybridized carbons (Fsp3) is 0.250. The molecule has 0 heterocycles. The number of carbonyl (C=O) groups is 1. The quantitative estimate of drug-likeness (QED) is 0.735. The Morgan fingerprint density at radius 3 is 1.85 bits per heavy atom. The highest BCUT2D eigenvalue weighted by Gasteiger charge is 2.14. The zero-order valence-corrected chi connectivity index (χ0v) is 15.4. The number of ether oxygens (including phenoxy) is 4. The van der Waals surface area contributed by atoms with Crippen LogP contribution in [-0.2, 0) is 4.79 Å². The van der Waals surface area contributed by atoms with Gasteiger partial charge < -0.3 is 24.7 Å². The minimum atomic E-state index is -0.552.